The summed E-state index contributed by atoms with van der Waals surface area (Å²) in [5, 5.41) is 8.41. The van der Waals surface area contributed by atoms with E-state index in [0.29, 0.717) is 5.56 Å². The molecule has 22 heavy (non-hydrogen) atoms. The predicted molar refractivity (Wildman–Crippen MR) is 86.4 cm³/mol. The van der Waals surface area contributed by atoms with Crippen LogP contribution in [0.1, 0.15) is 42.9 Å². The Morgan fingerprint density at radius 1 is 1.41 bits per heavy atom. The van der Waals surface area contributed by atoms with Gasteiger partial charge >= 0.3 is 6.03 Å². The molecule has 2 rings (SSSR count). The van der Waals surface area contributed by atoms with E-state index >= 15 is 0 Å². The van der Waals surface area contributed by atoms with E-state index in [4.69, 9.17) is 0 Å². The summed E-state index contributed by atoms with van der Waals surface area (Å²) in [7, 11) is 0. The van der Waals surface area contributed by atoms with Gasteiger partial charge in [-0.25, -0.2) is 14.2 Å². The van der Waals surface area contributed by atoms with Gasteiger partial charge in [0, 0.05) is 11.6 Å². The van der Waals surface area contributed by atoms with Crippen LogP contribution in [-0.4, -0.2) is 11.0 Å². The first kappa shape index (κ1) is 16.4. The summed E-state index contributed by atoms with van der Waals surface area (Å²) in [6, 6.07) is 4.37. The van der Waals surface area contributed by atoms with E-state index < -0.39 is 5.54 Å². The van der Waals surface area contributed by atoms with Gasteiger partial charge < -0.3 is 10.6 Å². The van der Waals surface area contributed by atoms with E-state index in [1.165, 1.54) is 17.4 Å². The van der Waals surface area contributed by atoms with E-state index in [9.17, 15) is 9.18 Å². The van der Waals surface area contributed by atoms with Crippen molar-refractivity contribution in [2.45, 2.75) is 39.3 Å². The Hall–Kier alpha value is -1.95. The van der Waals surface area contributed by atoms with Crippen LogP contribution >= 0.6 is 11.3 Å². The number of halogens is 1. The number of aryl methyl sites for hydroxylation is 1. The summed E-state index contributed by atoms with van der Waals surface area (Å²) in [6.45, 7) is 7.31. The van der Waals surface area contributed by atoms with Gasteiger partial charge in [0.05, 0.1) is 11.6 Å². The van der Waals surface area contributed by atoms with Crippen LogP contribution in [-0.2, 0) is 5.54 Å². The molecule has 2 N–H and O–H groups in total. The number of urea groups is 1. The first-order valence-corrected chi connectivity index (χ1v) is 7.92. The van der Waals surface area contributed by atoms with Crippen LogP contribution in [0.25, 0.3) is 0 Å². The first-order valence-electron chi connectivity index (χ1n) is 7.04. The third kappa shape index (κ3) is 3.82. The van der Waals surface area contributed by atoms with Crippen molar-refractivity contribution in [1.82, 2.24) is 15.6 Å². The van der Waals surface area contributed by atoms with E-state index in [-0.39, 0.29) is 17.9 Å². The van der Waals surface area contributed by atoms with Gasteiger partial charge in [0.1, 0.15) is 10.8 Å². The molecule has 1 atom stereocenters. The zero-order chi connectivity index (χ0) is 16.3. The quantitative estimate of drug-likeness (QED) is 0.897. The van der Waals surface area contributed by atoms with E-state index in [1.54, 1.807) is 19.2 Å². The number of hydrogen-bond acceptors (Lipinski definition) is 3. The van der Waals surface area contributed by atoms with Crippen LogP contribution in [0, 0.1) is 12.7 Å². The van der Waals surface area contributed by atoms with Gasteiger partial charge in [-0.3, -0.25) is 0 Å². The maximum Gasteiger partial charge on any atom is 0.316 e. The Morgan fingerprint density at radius 3 is 2.73 bits per heavy atom. The molecule has 6 heteroatoms. The number of amides is 2. The highest BCUT2D eigenvalue weighted by Crippen LogP contribution is 2.22. The van der Waals surface area contributed by atoms with Gasteiger partial charge in [0.15, 0.2) is 0 Å². The molecule has 0 aliphatic heterocycles. The average molecular weight is 321 g/mol. The predicted octanol–water partition coefficient (Wildman–Crippen LogP) is 3.89. The molecule has 2 amide bonds. The van der Waals surface area contributed by atoms with Crippen LogP contribution in [0.4, 0.5) is 9.18 Å². The van der Waals surface area contributed by atoms with Gasteiger partial charge in [-0.1, -0.05) is 12.1 Å². The summed E-state index contributed by atoms with van der Waals surface area (Å²) < 4.78 is 13.6. The number of nitrogens with one attached hydrogen (secondary N) is 2. The van der Waals surface area contributed by atoms with Crippen molar-refractivity contribution in [2.75, 3.05) is 0 Å². The highest BCUT2D eigenvalue weighted by molar-refractivity contribution is 7.09. The molecule has 0 saturated carbocycles. The lowest BCUT2D eigenvalue weighted by atomic mass is 10.1. The highest BCUT2D eigenvalue weighted by Gasteiger charge is 2.26. The Bertz CT molecular complexity index is 655. The molecular formula is C16H20FN3OS. The largest absolute Gasteiger partial charge is 0.332 e. The van der Waals surface area contributed by atoms with Crippen molar-refractivity contribution < 1.29 is 9.18 Å². The summed E-state index contributed by atoms with van der Waals surface area (Å²) in [5.41, 5.74) is 0.756. The second kappa shape index (κ2) is 6.44. The fourth-order valence-electron chi connectivity index (χ4n) is 2.06. The van der Waals surface area contributed by atoms with Gasteiger partial charge in [-0.05, 0) is 44.9 Å². The topological polar surface area (TPSA) is 54.0 Å². The van der Waals surface area contributed by atoms with Crippen molar-refractivity contribution >= 4 is 17.4 Å². The SMILES string of the molecule is Cc1ccc([C@@H](C)NC(=O)NC(C)(C)c2nccs2)cc1F. The van der Waals surface area contributed by atoms with Gasteiger partial charge in [0.25, 0.3) is 0 Å². The molecule has 118 valence electrons. The summed E-state index contributed by atoms with van der Waals surface area (Å²) in [5.74, 6) is -0.269. The normalized spacial score (nSPS) is 12.8. The molecule has 0 saturated heterocycles. The Labute approximate surface area is 133 Å². The number of rotatable bonds is 4. The molecule has 1 aromatic heterocycles. The summed E-state index contributed by atoms with van der Waals surface area (Å²) in [4.78, 5) is 16.4. The number of hydrogen-bond donors (Lipinski definition) is 2. The standard InChI is InChI=1S/C16H20FN3OS/c1-10-5-6-12(9-13(10)17)11(2)19-15(21)20-16(3,4)14-18-7-8-22-14/h5-9,11H,1-4H3,(H2,19,20,21)/t11-/m1/s1. The molecule has 0 fully saturated rings. The van der Waals surface area contributed by atoms with Gasteiger partial charge in [-0.15, -0.1) is 11.3 Å². The van der Waals surface area contributed by atoms with Crippen LogP contribution in [0.15, 0.2) is 29.8 Å². The molecule has 0 radical (unpaired) electrons. The molecule has 0 aliphatic rings. The van der Waals surface area contributed by atoms with Crippen molar-refractivity contribution in [1.29, 1.82) is 0 Å². The molecule has 2 aromatic rings. The van der Waals surface area contributed by atoms with Gasteiger partial charge in [0.2, 0.25) is 0 Å². The van der Waals surface area contributed by atoms with E-state index in [2.05, 4.69) is 15.6 Å². The van der Waals surface area contributed by atoms with Crippen LogP contribution in [0.3, 0.4) is 0 Å². The van der Waals surface area contributed by atoms with Crippen LogP contribution < -0.4 is 10.6 Å². The molecule has 0 unspecified atom stereocenters. The minimum Gasteiger partial charge on any atom is -0.332 e. The Kier molecular flexibility index (Phi) is 4.81. The van der Waals surface area contributed by atoms with Crippen molar-refractivity contribution in [3.63, 3.8) is 0 Å². The third-order valence-electron chi connectivity index (χ3n) is 3.44. The maximum absolute atomic E-state index is 13.6. The van der Waals surface area contributed by atoms with E-state index in [1.807, 2.05) is 32.2 Å². The molecule has 0 aliphatic carbocycles. The average Bonchev–Trinajstić information content (AvgIpc) is 2.95. The zero-order valence-corrected chi connectivity index (χ0v) is 13.9. The van der Waals surface area contributed by atoms with Crippen molar-refractivity contribution in [3.8, 4) is 0 Å². The summed E-state index contributed by atoms with van der Waals surface area (Å²) in [6.07, 6.45) is 1.71. The lowest BCUT2D eigenvalue weighted by Crippen LogP contribution is -2.47. The molecule has 1 heterocycles. The second-order valence-corrected chi connectivity index (χ2v) is 6.69. The maximum atomic E-state index is 13.6. The number of carbonyl (C=O) groups excluding carboxylic acids is 1. The smallest absolute Gasteiger partial charge is 0.316 e. The third-order valence-corrected chi connectivity index (χ3v) is 4.53. The molecule has 0 bridgehead atoms. The molecule has 1 aromatic carbocycles. The first-order chi connectivity index (χ1) is 10.3. The molecular weight excluding hydrogens is 301 g/mol. The minimum atomic E-state index is -0.559. The van der Waals surface area contributed by atoms with Crippen molar-refractivity contribution in [2.24, 2.45) is 0 Å². The molecule has 4 nitrogen and oxygen atoms in total. The number of nitrogens with zero attached hydrogens (tertiary/aromatic N) is 1. The monoisotopic (exact) mass is 321 g/mol. The fraction of sp³-hybridized carbons (Fsp3) is 0.375. The summed E-state index contributed by atoms with van der Waals surface area (Å²) >= 11 is 1.49. The highest BCUT2D eigenvalue weighted by atomic mass is 32.1. The van der Waals surface area contributed by atoms with Crippen LogP contribution in [0.5, 0.6) is 0 Å². The number of aromatic nitrogens is 1. The number of benzene rings is 1. The van der Waals surface area contributed by atoms with Crippen LogP contribution in [0.2, 0.25) is 0 Å². The van der Waals surface area contributed by atoms with E-state index in [0.717, 1.165) is 10.6 Å². The van der Waals surface area contributed by atoms with Crippen molar-refractivity contribution in [3.05, 3.63) is 51.7 Å². The number of thiazole rings is 1. The number of carbonyl (C=O) groups is 1. The van der Waals surface area contributed by atoms with Gasteiger partial charge in [-0.2, -0.15) is 0 Å². The Balaban J connectivity index is 2.01. The minimum absolute atomic E-state index is 0.269. The molecule has 0 spiro atoms. The second-order valence-electron chi connectivity index (χ2n) is 5.79. The lowest BCUT2D eigenvalue weighted by molar-refractivity contribution is 0.227. The zero-order valence-electron chi connectivity index (χ0n) is 13.1. The fourth-order valence-corrected chi connectivity index (χ4v) is 2.78. The lowest BCUT2D eigenvalue weighted by Gasteiger charge is -2.25. The Morgan fingerprint density at radius 2 is 2.14 bits per heavy atom.